The molecule has 2 N–H and O–H groups in total. The van der Waals surface area contributed by atoms with Crippen LogP contribution in [0.25, 0.3) is 0 Å². The largest absolute Gasteiger partial charge is 0.491 e. The SMILES string of the molecule is Cc1cccc(C)c1OCC(C)NC(=O)/C=C/C(=O)O. The lowest BCUT2D eigenvalue weighted by Gasteiger charge is -2.16. The Bertz CT molecular complexity index is 502. The second-order valence-electron chi connectivity index (χ2n) is 4.61. The number of ether oxygens (including phenoxy) is 1. The number of carbonyl (C=O) groups is 2. The van der Waals surface area contributed by atoms with Crippen LogP contribution in [0.3, 0.4) is 0 Å². The molecule has 1 aromatic rings. The molecular weight excluding hydrogens is 258 g/mol. The lowest BCUT2D eigenvalue weighted by molar-refractivity contribution is -0.131. The van der Waals surface area contributed by atoms with E-state index in [0.29, 0.717) is 6.61 Å². The van der Waals surface area contributed by atoms with E-state index < -0.39 is 11.9 Å². The molecule has 0 radical (unpaired) electrons. The third-order valence-electron chi connectivity index (χ3n) is 2.65. The number of amides is 1. The first-order chi connectivity index (χ1) is 9.40. The lowest BCUT2D eigenvalue weighted by Crippen LogP contribution is -2.35. The van der Waals surface area contributed by atoms with Crippen molar-refractivity contribution in [3.8, 4) is 5.75 Å². The molecule has 0 aliphatic rings. The smallest absolute Gasteiger partial charge is 0.328 e. The molecule has 1 unspecified atom stereocenters. The van der Waals surface area contributed by atoms with Gasteiger partial charge in [-0.05, 0) is 31.9 Å². The number of carbonyl (C=O) groups excluding carboxylic acids is 1. The summed E-state index contributed by atoms with van der Waals surface area (Å²) in [5.41, 5.74) is 2.07. The average Bonchev–Trinajstić information content (AvgIpc) is 2.35. The highest BCUT2D eigenvalue weighted by molar-refractivity contribution is 5.93. The van der Waals surface area contributed by atoms with Gasteiger partial charge in [-0.25, -0.2) is 4.79 Å². The number of carboxylic acids is 1. The molecule has 1 atom stereocenters. The number of aliphatic carboxylic acids is 1. The van der Waals surface area contributed by atoms with E-state index in [9.17, 15) is 9.59 Å². The van der Waals surface area contributed by atoms with Gasteiger partial charge in [0.25, 0.3) is 0 Å². The highest BCUT2D eigenvalue weighted by Crippen LogP contribution is 2.22. The van der Waals surface area contributed by atoms with E-state index in [2.05, 4.69) is 5.32 Å². The van der Waals surface area contributed by atoms with Crippen LogP contribution in [0.1, 0.15) is 18.1 Å². The summed E-state index contributed by atoms with van der Waals surface area (Å²) >= 11 is 0. The van der Waals surface area contributed by atoms with Gasteiger partial charge in [-0.3, -0.25) is 4.79 Å². The summed E-state index contributed by atoms with van der Waals surface area (Å²) in [7, 11) is 0. The van der Waals surface area contributed by atoms with Crippen molar-refractivity contribution in [1.82, 2.24) is 5.32 Å². The van der Waals surface area contributed by atoms with Crippen LogP contribution >= 0.6 is 0 Å². The standard InChI is InChI=1S/C15H19NO4/c1-10-5-4-6-11(2)15(10)20-9-12(3)16-13(17)7-8-14(18)19/h4-8,12H,9H2,1-3H3,(H,16,17)(H,18,19)/b8-7+. The first kappa shape index (κ1) is 15.8. The van der Waals surface area contributed by atoms with Crippen LogP contribution in [0.2, 0.25) is 0 Å². The normalized spacial score (nSPS) is 12.2. The van der Waals surface area contributed by atoms with Gasteiger partial charge in [0.1, 0.15) is 12.4 Å². The molecule has 20 heavy (non-hydrogen) atoms. The zero-order chi connectivity index (χ0) is 15.1. The fourth-order valence-corrected chi connectivity index (χ4v) is 1.71. The molecule has 108 valence electrons. The maximum atomic E-state index is 11.4. The Kier molecular flexibility index (Phi) is 5.77. The highest BCUT2D eigenvalue weighted by Gasteiger charge is 2.08. The Hall–Kier alpha value is -2.30. The van der Waals surface area contributed by atoms with Gasteiger partial charge in [-0.15, -0.1) is 0 Å². The molecule has 0 aliphatic heterocycles. The number of aryl methyl sites for hydroxylation is 2. The minimum Gasteiger partial charge on any atom is -0.491 e. The van der Waals surface area contributed by atoms with E-state index in [-0.39, 0.29) is 6.04 Å². The van der Waals surface area contributed by atoms with Crippen molar-refractivity contribution in [3.05, 3.63) is 41.5 Å². The molecular formula is C15H19NO4. The molecule has 1 aromatic carbocycles. The number of carboxylic acid groups (broad SMARTS) is 1. The maximum absolute atomic E-state index is 11.4. The molecule has 0 fully saturated rings. The Balaban J connectivity index is 2.49. The Morgan fingerprint density at radius 3 is 2.45 bits per heavy atom. The van der Waals surface area contributed by atoms with Crippen molar-refractivity contribution in [1.29, 1.82) is 0 Å². The van der Waals surface area contributed by atoms with Crippen molar-refractivity contribution in [2.24, 2.45) is 0 Å². The molecule has 0 heterocycles. The minimum atomic E-state index is -1.15. The third-order valence-corrected chi connectivity index (χ3v) is 2.65. The Labute approximate surface area is 118 Å². The van der Waals surface area contributed by atoms with Gasteiger partial charge in [0.15, 0.2) is 0 Å². The zero-order valence-electron chi connectivity index (χ0n) is 11.8. The second kappa shape index (κ2) is 7.33. The molecule has 5 heteroatoms. The van der Waals surface area contributed by atoms with Crippen LogP contribution in [-0.4, -0.2) is 29.6 Å². The highest BCUT2D eigenvalue weighted by atomic mass is 16.5. The van der Waals surface area contributed by atoms with E-state index in [4.69, 9.17) is 9.84 Å². The first-order valence-electron chi connectivity index (χ1n) is 6.30. The van der Waals surface area contributed by atoms with Crippen LogP contribution in [0.5, 0.6) is 5.75 Å². The Morgan fingerprint density at radius 1 is 1.30 bits per heavy atom. The van der Waals surface area contributed by atoms with E-state index in [0.717, 1.165) is 29.0 Å². The minimum absolute atomic E-state index is 0.222. The van der Waals surface area contributed by atoms with Crippen molar-refractivity contribution in [3.63, 3.8) is 0 Å². The summed E-state index contributed by atoms with van der Waals surface area (Å²) in [4.78, 5) is 21.7. The van der Waals surface area contributed by atoms with Gasteiger partial charge in [0.05, 0.1) is 6.04 Å². The molecule has 0 bridgehead atoms. The second-order valence-corrected chi connectivity index (χ2v) is 4.61. The van der Waals surface area contributed by atoms with Crippen molar-refractivity contribution in [2.45, 2.75) is 26.8 Å². The molecule has 5 nitrogen and oxygen atoms in total. The number of hydrogen-bond donors (Lipinski definition) is 2. The van der Waals surface area contributed by atoms with Gasteiger partial charge in [-0.1, -0.05) is 18.2 Å². The number of hydrogen-bond acceptors (Lipinski definition) is 3. The predicted molar refractivity (Wildman–Crippen MR) is 75.8 cm³/mol. The molecule has 1 amide bonds. The van der Waals surface area contributed by atoms with E-state index >= 15 is 0 Å². The molecule has 0 saturated carbocycles. The van der Waals surface area contributed by atoms with Gasteiger partial charge in [0.2, 0.25) is 5.91 Å². The molecule has 0 saturated heterocycles. The number of para-hydroxylation sites is 1. The van der Waals surface area contributed by atoms with Gasteiger partial charge >= 0.3 is 5.97 Å². The summed E-state index contributed by atoms with van der Waals surface area (Å²) in [5.74, 6) is -0.792. The molecule has 1 rings (SSSR count). The Morgan fingerprint density at radius 2 is 1.90 bits per heavy atom. The summed E-state index contributed by atoms with van der Waals surface area (Å²) < 4.78 is 5.70. The first-order valence-corrected chi connectivity index (χ1v) is 6.30. The van der Waals surface area contributed by atoms with Gasteiger partial charge in [0, 0.05) is 12.2 Å². The maximum Gasteiger partial charge on any atom is 0.328 e. The van der Waals surface area contributed by atoms with Crippen LogP contribution in [0.4, 0.5) is 0 Å². The van der Waals surface area contributed by atoms with E-state index in [1.807, 2.05) is 32.0 Å². The van der Waals surface area contributed by atoms with Crippen LogP contribution < -0.4 is 10.1 Å². The van der Waals surface area contributed by atoms with Gasteiger partial charge in [-0.2, -0.15) is 0 Å². The third kappa shape index (κ3) is 5.14. The van der Waals surface area contributed by atoms with Crippen LogP contribution in [-0.2, 0) is 9.59 Å². The quantitative estimate of drug-likeness (QED) is 0.778. The topological polar surface area (TPSA) is 75.6 Å². The lowest BCUT2D eigenvalue weighted by atomic mass is 10.1. The molecule has 0 spiro atoms. The fourth-order valence-electron chi connectivity index (χ4n) is 1.71. The van der Waals surface area contributed by atoms with Crippen molar-refractivity contribution < 1.29 is 19.4 Å². The van der Waals surface area contributed by atoms with E-state index in [1.54, 1.807) is 6.92 Å². The fraction of sp³-hybridized carbons (Fsp3) is 0.333. The summed E-state index contributed by atoms with van der Waals surface area (Å²) in [6.45, 7) is 6.03. The monoisotopic (exact) mass is 277 g/mol. The number of benzene rings is 1. The van der Waals surface area contributed by atoms with E-state index in [1.165, 1.54) is 0 Å². The summed E-state index contributed by atoms with van der Waals surface area (Å²) in [6.07, 6.45) is 1.78. The van der Waals surface area contributed by atoms with Crippen LogP contribution in [0, 0.1) is 13.8 Å². The molecule has 0 aromatic heterocycles. The summed E-state index contributed by atoms with van der Waals surface area (Å²) in [6, 6.07) is 5.65. The zero-order valence-corrected chi connectivity index (χ0v) is 11.8. The van der Waals surface area contributed by atoms with Crippen LogP contribution in [0.15, 0.2) is 30.4 Å². The average molecular weight is 277 g/mol. The van der Waals surface area contributed by atoms with Crippen molar-refractivity contribution >= 4 is 11.9 Å². The van der Waals surface area contributed by atoms with Gasteiger partial charge < -0.3 is 15.2 Å². The molecule has 0 aliphatic carbocycles. The van der Waals surface area contributed by atoms with Crippen molar-refractivity contribution in [2.75, 3.05) is 6.61 Å². The number of nitrogens with one attached hydrogen (secondary N) is 1. The number of rotatable bonds is 6. The summed E-state index contributed by atoms with van der Waals surface area (Å²) in [5, 5.41) is 11.0. The predicted octanol–water partition coefficient (Wildman–Crippen LogP) is 1.83.